The van der Waals surface area contributed by atoms with Gasteiger partial charge in [0.15, 0.2) is 34.8 Å². The van der Waals surface area contributed by atoms with Gasteiger partial charge < -0.3 is 9.47 Å². The highest BCUT2D eigenvalue weighted by molar-refractivity contribution is 5.65. The Kier molecular flexibility index (Phi) is 6.58. The summed E-state index contributed by atoms with van der Waals surface area (Å²) in [6.07, 6.45) is -2.74. The van der Waals surface area contributed by atoms with Gasteiger partial charge in [-0.2, -0.15) is 8.78 Å². The SMILES string of the molecule is CC1CCC(c2ccc(-c3cc(F)c(OC(F)(F)c4cc(F)c(F)c(F)c4)c(F)c3)cc2)OC1. The van der Waals surface area contributed by atoms with Crippen molar-refractivity contribution in [2.24, 2.45) is 5.92 Å². The van der Waals surface area contributed by atoms with Gasteiger partial charge in [-0.15, -0.1) is 0 Å². The van der Waals surface area contributed by atoms with E-state index in [1.165, 1.54) is 0 Å². The van der Waals surface area contributed by atoms with E-state index in [-0.39, 0.29) is 23.8 Å². The minimum Gasteiger partial charge on any atom is -0.423 e. The Morgan fingerprint density at radius 2 is 1.38 bits per heavy atom. The first-order chi connectivity index (χ1) is 16.0. The first-order valence-electron chi connectivity index (χ1n) is 10.5. The molecule has 0 N–H and O–H groups in total. The van der Waals surface area contributed by atoms with E-state index in [4.69, 9.17) is 4.74 Å². The molecule has 0 aromatic heterocycles. The Labute approximate surface area is 190 Å². The van der Waals surface area contributed by atoms with Crippen LogP contribution in [0, 0.1) is 35.0 Å². The zero-order chi connectivity index (χ0) is 24.6. The van der Waals surface area contributed by atoms with Gasteiger partial charge in [0.2, 0.25) is 0 Å². The largest absolute Gasteiger partial charge is 0.427 e. The minimum atomic E-state index is -4.54. The van der Waals surface area contributed by atoms with E-state index in [0.29, 0.717) is 18.1 Å². The minimum absolute atomic E-state index is 0.0131. The van der Waals surface area contributed by atoms with Crippen molar-refractivity contribution in [3.8, 4) is 16.9 Å². The molecule has 1 aliphatic heterocycles. The second kappa shape index (κ2) is 9.29. The maximum atomic E-state index is 14.5. The highest BCUT2D eigenvalue weighted by Crippen LogP contribution is 2.38. The van der Waals surface area contributed by atoms with E-state index in [1.54, 1.807) is 24.3 Å². The van der Waals surface area contributed by atoms with Crippen LogP contribution >= 0.6 is 0 Å². The molecule has 0 spiro atoms. The summed E-state index contributed by atoms with van der Waals surface area (Å²) in [6, 6.07) is 8.36. The molecule has 2 nitrogen and oxygen atoms in total. The molecule has 9 heteroatoms. The Bertz CT molecular complexity index is 1140. The van der Waals surface area contributed by atoms with Crippen molar-refractivity contribution in [3.63, 3.8) is 0 Å². The van der Waals surface area contributed by atoms with E-state index < -0.39 is 46.5 Å². The van der Waals surface area contributed by atoms with Crippen LogP contribution in [-0.4, -0.2) is 6.61 Å². The van der Waals surface area contributed by atoms with Gasteiger partial charge in [-0.05, 0) is 59.7 Å². The number of hydrogen-bond donors (Lipinski definition) is 0. The molecule has 34 heavy (non-hydrogen) atoms. The third-order valence-electron chi connectivity index (χ3n) is 5.67. The van der Waals surface area contributed by atoms with E-state index in [2.05, 4.69) is 11.7 Å². The standard InChI is InChI=1S/C25H19F7O2/c1-13-2-7-22(33-12-13)15-5-3-14(4-6-15)16-8-20(28)24(21(29)9-16)34-25(31,32)17-10-18(26)23(30)19(27)11-17/h3-6,8-11,13,22H,2,7,12H2,1H3. The van der Waals surface area contributed by atoms with Gasteiger partial charge in [-0.25, -0.2) is 22.0 Å². The summed E-state index contributed by atoms with van der Waals surface area (Å²) in [4.78, 5) is 0. The van der Waals surface area contributed by atoms with Crippen LogP contribution in [0.1, 0.15) is 37.0 Å². The van der Waals surface area contributed by atoms with Crippen LogP contribution < -0.4 is 4.74 Å². The Balaban J connectivity index is 1.56. The average Bonchev–Trinajstić information content (AvgIpc) is 2.80. The molecule has 0 saturated carbocycles. The molecule has 3 aromatic rings. The van der Waals surface area contributed by atoms with E-state index in [9.17, 15) is 30.7 Å². The van der Waals surface area contributed by atoms with Gasteiger partial charge in [0.25, 0.3) is 0 Å². The molecule has 0 aliphatic carbocycles. The lowest BCUT2D eigenvalue weighted by Gasteiger charge is -2.27. The Hall–Kier alpha value is -3.07. The fraction of sp³-hybridized carbons (Fsp3) is 0.280. The van der Waals surface area contributed by atoms with Crippen molar-refractivity contribution in [2.75, 3.05) is 6.61 Å². The van der Waals surface area contributed by atoms with Crippen LogP contribution in [0.25, 0.3) is 11.1 Å². The normalized spacial score (nSPS) is 18.7. The summed E-state index contributed by atoms with van der Waals surface area (Å²) >= 11 is 0. The predicted molar refractivity (Wildman–Crippen MR) is 110 cm³/mol. The summed E-state index contributed by atoms with van der Waals surface area (Å²) < 4.78 is 107. The quantitative estimate of drug-likeness (QED) is 0.273. The fourth-order valence-electron chi connectivity index (χ4n) is 3.77. The van der Waals surface area contributed by atoms with Crippen molar-refractivity contribution < 1.29 is 40.2 Å². The second-order valence-corrected chi connectivity index (χ2v) is 8.27. The number of halogens is 7. The van der Waals surface area contributed by atoms with Crippen LogP contribution in [0.4, 0.5) is 30.7 Å². The smallest absolute Gasteiger partial charge is 0.423 e. The summed E-state index contributed by atoms with van der Waals surface area (Å²) in [6.45, 7) is 2.74. The molecule has 0 radical (unpaired) electrons. The maximum absolute atomic E-state index is 14.5. The summed E-state index contributed by atoms with van der Waals surface area (Å²) in [7, 11) is 0. The van der Waals surface area contributed by atoms with Crippen molar-refractivity contribution in [3.05, 3.63) is 88.7 Å². The van der Waals surface area contributed by atoms with E-state index in [1.807, 2.05) is 0 Å². The zero-order valence-electron chi connectivity index (χ0n) is 17.9. The van der Waals surface area contributed by atoms with Crippen LogP contribution in [-0.2, 0) is 10.8 Å². The van der Waals surface area contributed by atoms with Gasteiger partial charge in [-0.1, -0.05) is 31.2 Å². The lowest BCUT2D eigenvalue weighted by molar-refractivity contribution is -0.188. The first kappa shape index (κ1) is 24.1. The number of alkyl halides is 2. The molecule has 0 bridgehead atoms. The van der Waals surface area contributed by atoms with Gasteiger partial charge >= 0.3 is 6.11 Å². The Morgan fingerprint density at radius 1 is 0.794 bits per heavy atom. The highest BCUT2D eigenvalue weighted by atomic mass is 19.3. The second-order valence-electron chi connectivity index (χ2n) is 8.27. The highest BCUT2D eigenvalue weighted by Gasteiger charge is 2.38. The molecule has 3 aromatic carbocycles. The van der Waals surface area contributed by atoms with Crippen LogP contribution in [0.2, 0.25) is 0 Å². The average molecular weight is 484 g/mol. The van der Waals surface area contributed by atoms with Gasteiger partial charge in [0.05, 0.1) is 11.7 Å². The van der Waals surface area contributed by atoms with E-state index in [0.717, 1.165) is 30.5 Å². The molecule has 1 aliphatic rings. The molecule has 180 valence electrons. The lowest BCUT2D eigenvalue weighted by atomic mass is 9.94. The molecular weight excluding hydrogens is 465 g/mol. The van der Waals surface area contributed by atoms with Crippen molar-refractivity contribution in [1.29, 1.82) is 0 Å². The molecule has 1 fully saturated rings. The molecular formula is C25H19F7O2. The number of hydrogen-bond acceptors (Lipinski definition) is 2. The third-order valence-corrected chi connectivity index (χ3v) is 5.67. The predicted octanol–water partition coefficient (Wildman–Crippen LogP) is 7.67. The van der Waals surface area contributed by atoms with Gasteiger partial charge in [0.1, 0.15) is 0 Å². The Morgan fingerprint density at radius 3 is 1.91 bits per heavy atom. The first-order valence-corrected chi connectivity index (χ1v) is 10.5. The molecule has 1 heterocycles. The van der Waals surface area contributed by atoms with Crippen LogP contribution in [0.15, 0.2) is 48.5 Å². The summed E-state index contributed by atoms with van der Waals surface area (Å²) in [5.41, 5.74) is -0.0439. The van der Waals surface area contributed by atoms with Crippen molar-refractivity contribution >= 4 is 0 Å². The molecule has 2 atom stereocenters. The number of ether oxygens (including phenoxy) is 2. The zero-order valence-corrected chi connectivity index (χ0v) is 17.9. The topological polar surface area (TPSA) is 18.5 Å². The van der Waals surface area contributed by atoms with Crippen LogP contribution in [0.3, 0.4) is 0 Å². The summed E-state index contributed by atoms with van der Waals surface area (Å²) in [5, 5.41) is 0. The lowest BCUT2D eigenvalue weighted by Crippen LogP contribution is -2.24. The molecule has 0 amide bonds. The van der Waals surface area contributed by atoms with Crippen molar-refractivity contribution in [1.82, 2.24) is 0 Å². The van der Waals surface area contributed by atoms with E-state index >= 15 is 0 Å². The third kappa shape index (κ3) is 4.89. The molecule has 2 unspecified atom stereocenters. The van der Waals surface area contributed by atoms with Gasteiger partial charge in [-0.3, -0.25) is 0 Å². The maximum Gasteiger partial charge on any atom is 0.427 e. The molecule has 4 rings (SSSR count). The number of rotatable bonds is 5. The monoisotopic (exact) mass is 484 g/mol. The van der Waals surface area contributed by atoms with Crippen LogP contribution in [0.5, 0.6) is 5.75 Å². The summed E-state index contributed by atoms with van der Waals surface area (Å²) in [5.74, 6) is -9.62. The molecule has 1 saturated heterocycles. The van der Waals surface area contributed by atoms with Crippen molar-refractivity contribution in [2.45, 2.75) is 32.0 Å². The fourth-order valence-corrected chi connectivity index (χ4v) is 3.77. The van der Waals surface area contributed by atoms with Gasteiger partial charge in [0, 0.05) is 6.61 Å². The number of benzene rings is 3.